The molecular formula is C17H34N2O. The van der Waals surface area contributed by atoms with Gasteiger partial charge in [-0.15, -0.1) is 0 Å². The quantitative estimate of drug-likeness (QED) is 0.672. The minimum absolute atomic E-state index is 0.132. The van der Waals surface area contributed by atoms with E-state index in [4.69, 9.17) is 0 Å². The van der Waals surface area contributed by atoms with E-state index in [0.717, 1.165) is 31.5 Å². The lowest BCUT2D eigenvalue weighted by Gasteiger charge is -2.33. The Morgan fingerprint density at radius 1 is 1.15 bits per heavy atom. The van der Waals surface area contributed by atoms with Gasteiger partial charge in [-0.05, 0) is 58.2 Å². The van der Waals surface area contributed by atoms with Gasteiger partial charge in [0.25, 0.3) is 0 Å². The number of hydrogen-bond donors (Lipinski definition) is 2. The molecule has 20 heavy (non-hydrogen) atoms. The van der Waals surface area contributed by atoms with Crippen LogP contribution in [0.25, 0.3) is 0 Å². The van der Waals surface area contributed by atoms with E-state index in [-0.39, 0.29) is 6.10 Å². The molecule has 0 aromatic carbocycles. The standard InChI is InChI=1S/C17H34N2O/c1-15-7-4-5-11-19(15)12-6-10-18-14-17(20)13-16-8-2-3-9-16/h15-18,20H,2-14H2,1H3. The first kappa shape index (κ1) is 16.3. The van der Waals surface area contributed by atoms with Crippen LogP contribution in [-0.4, -0.2) is 48.3 Å². The molecule has 2 atom stereocenters. The zero-order valence-electron chi connectivity index (χ0n) is 13.3. The highest BCUT2D eigenvalue weighted by Crippen LogP contribution is 2.28. The van der Waals surface area contributed by atoms with E-state index in [2.05, 4.69) is 17.1 Å². The number of aliphatic hydroxyl groups excluding tert-OH is 1. The van der Waals surface area contributed by atoms with Gasteiger partial charge in [0.2, 0.25) is 0 Å². The fourth-order valence-electron chi connectivity index (χ4n) is 3.88. The minimum Gasteiger partial charge on any atom is -0.392 e. The van der Waals surface area contributed by atoms with Crippen LogP contribution in [0, 0.1) is 5.92 Å². The lowest BCUT2D eigenvalue weighted by molar-refractivity contribution is 0.137. The molecule has 2 rings (SSSR count). The fraction of sp³-hybridized carbons (Fsp3) is 1.00. The Kier molecular flexibility index (Phi) is 7.32. The summed E-state index contributed by atoms with van der Waals surface area (Å²) in [6.07, 6.45) is 11.7. The second kappa shape index (κ2) is 9.01. The van der Waals surface area contributed by atoms with Gasteiger partial charge in [0.15, 0.2) is 0 Å². The molecule has 0 spiro atoms. The van der Waals surface area contributed by atoms with Crippen LogP contribution in [0.15, 0.2) is 0 Å². The Bertz CT molecular complexity index is 253. The molecule has 1 heterocycles. The molecular weight excluding hydrogens is 248 g/mol. The third kappa shape index (κ3) is 5.71. The molecule has 2 fully saturated rings. The van der Waals surface area contributed by atoms with Crippen molar-refractivity contribution < 1.29 is 5.11 Å². The molecule has 1 aliphatic carbocycles. The molecule has 1 aliphatic heterocycles. The van der Waals surface area contributed by atoms with E-state index in [9.17, 15) is 5.11 Å². The Labute approximate surface area is 125 Å². The lowest BCUT2D eigenvalue weighted by atomic mass is 10.00. The molecule has 118 valence electrons. The van der Waals surface area contributed by atoms with E-state index >= 15 is 0 Å². The van der Waals surface area contributed by atoms with Gasteiger partial charge in [-0.25, -0.2) is 0 Å². The molecule has 0 radical (unpaired) electrons. The molecule has 3 nitrogen and oxygen atoms in total. The Morgan fingerprint density at radius 3 is 2.65 bits per heavy atom. The van der Waals surface area contributed by atoms with Crippen molar-refractivity contribution in [3.05, 3.63) is 0 Å². The van der Waals surface area contributed by atoms with Gasteiger partial charge in [0.05, 0.1) is 6.10 Å². The van der Waals surface area contributed by atoms with Crippen LogP contribution < -0.4 is 5.32 Å². The summed E-state index contributed by atoms with van der Waals surface area (Å²) < 4.78 is 0. The average Bonchev–Trinajstić information content (AvgIpc) is 2.93. The average molecular weight is 282 g/mol. The first-order chi connectivity index (χ1) is 9.75. The Morgan fingerprint density at radius 2 is 1.90 bits per heavy atom. The summed E-state index contributed by atoms with van der Waals surface area (Å²) >= 11 is 0. The molecule has 2 N–H and O–H groups in total. The van der Waals surface area contributed by atoms with Gasteiger partial charge in [-0.1, -0.05) is 32.1 Å². The summed E-state index contributed by atoms with van der Waals surface area (Å²) in [6.45, 7) is 6.69. The SMILES string of the molecule is CC1CCCCN1CCCNCC(O)CC1CCCC1. The second-order valence-corrected chi connectivity index (χ2v) is 6.98. The molecule has 1 saturated carbocycles. The van der Waals surface area contributed by atoms with Crippen molar-refractivity contribution in [2.24, 2.45) is 5.92 Å². The largest absolute Gasteiger partial charge is 0.392 e. The number of nitrogens with zero attached hydrogens (tertiary/aromatic N) is 1. The van der Waals surface area contributed by atoms with Gasteiger partial charge >= 0.3 is 0 Å². The van der Waals surface area contributed by atoms with E-state index in [1.807, 2.05) is 0 Å². The maximum atomic E-state index is 10.0. The van der Waals surface area contributed by atoms with Crippen molar-refractivity contribution in [1.82, 2.24) is 10.2 Å². The van der Waals surface area contributed by atoms with Gasteiger partial charge < -0.3 is 15.3 Å². The normalized spacial score (nSPS) is 27.0. The van der Waals surface area contributed by atoms with E-state index < -0.39 is 0 Å². The summed E-state index contributed by atoms with van der Waals surface area (Å²) in [4.78, 5) is 2.63. The monoisotopic (exact) mass is 282 g/mol. The second-order valence-electron chi connectivity index (χ2n) is 6.98. The molecule has 2 unspecified atom stereocenters. The summed E-state index contributed by atoms with van der Waals surface area (Å²) in [7, 11) is 0. The topological polar surface area (TPSA) is 35.5 Å². The van der Waals surface area contributed by atoms with Crippen molar-refractivity contribution in [2.45, 2.75) is 76.9 Å². The van der Waals surface area contributed by atoms with Crippen LogP contribution in [0.1, 0.15) is 64.7 Å². The highest BCUT2D eigenvalue weighted by molar-refractivity contribution is 4.74. The van der Waals surface area contributed by atoms with Gasteiger partial charge in [0, 0.05) is 12.6 Å². The van der Waals surface area contributed by atoms with Crippen molar-refractivity contribution in [1.29, 1.82) is 0 Å². The van der Waals surface area contributed by atoms with E-state index in [0.29, 0.717) is 0 Å². The van der Waals surface area contributed by atoms with Crippen LogP contribution in [0.3, 0.4) is 0 Å². The predicted molar refractivity (Wildman–Crippen MR) is 85.0 cm³/mol. The maximum Gasteiger partial charge on any atom is 0.0667 e. The number of aliphatic hydroxyl groups is 1. The van der Waals surface area contributed by atoms with Gasteiger partial charge in [-0.2, -0.15) is 0 Å². The van der Waals surface area contributed by atoms with Crippen molar-refractivity contribution in [3.8, 4) is 0 Å². The minimum atomic E-state index is -0.132. The first-order valence-corrected chi connectivity index (χ1v) is 8.88. The van der Waals surface area contributed by atoms with E-state index in [1.54, 1.807) is 0 Å². The summed E-state index contributed by atoms with van der Waals surface area (Å²) in [5.74, 6) is 0.793. The molecule has 0 aromatic rings. The molecule has 0 amide bonds. The smallest absolute Gasteiger partial charge is 0.0667 e. The third-order valence-corrected chi connectivity index (χ3v) is 5.20. The molecule has 0 bridgehead atoms. The Hall–Kier alpha value is -0.120. The van der Waals surface area contributed by atoms with Crippen molar-refractivity contribution in [3.63, 3.8) is 0 Å². The molecule has 3 heteroatoms. The third-order valence-electron chi connectivity index (χ3n) is 5.20. The lowest BCUT2D eigenvalue weighted by Crippen LogP contribution is -2.39. The zero-order chi connectivity index (χ0) is 14.2. The van der Waals surface area contributed by atoms with Crippen molar-refractivity contribution in [2.75, 3.05) is 26.2 Å². The highest BCUT2D eigenvalue weighted by atomic mass is 16.3. The van der Waals surface area contributed by atoms with Crippen LogP contribution in [0.5, 0.6) is 0 Å². The van der Waals surface area contributed by atoms with Crippen LogP contribution in [-0.2, 0) is 0 Å². The number of rotatable bonds is 8. The van der Waals surface area contributed by atoms with Gasteiger partial charge in [0.1, 0.15) is 0 Å². The number of hydrogen-bond acceptors (Lipinski definition) is 3. The maximum absolute atomic E-state index is 10.0. The summed E-state index contributed by atoms with van der Waals surface area (Å²) in [6, 6.07) is 0.775. The van der Waals surface area contributed by atoms with Crippen molar-refractivity contribution >= 4 is 0 Å². The number of likely N-dealkylation sites (tertiary alicyclic amines) is 1. The molecule has 0 aromatic heterocycles. The molecule has 2 aliphatic rings. The first-order valence-electron chi connectivity index (χ1n) is 8.88. The van der Waals surface area contributed by atoms with Crippen LogP contribution >= 0.6 is 0 Å². The van der Waals surface area contributed by atoms with Gasteiger partial charge in [-0.3, -0.25) is 0 Å². The summed E-state index contributed by atoms with van der Waals surface area (Å²) in [5, 5.41) is 13.5. The highest BCUT2D eigenvalue weighted by Gasteiger charge is 2.19. The zero-order valence-corrected chi connectivity index (χ0v) is 13.3. The molecule has 1 saturated heterocycles. The van der Waals surface area contributed by atoms with Crippen LogP contribution in [0.4, 0.5) is 0 Å². The fourth-order valence-corrected chi connectivity index (χ4v) is 3.88. The summed E-state index contributed by atoms with van der Waals surface area (Å²) in [5.41, 5.74) is 0. The number of nitrogens with one attached hydrogen (secondary N) is 1. The Balaban J connectivity index is 1.46. The van der Waals surface area contributed by atoms with Crippen LogP contribution in [0.2, 0.25) is 0 Å². The predicted octanol–water partition coefficient (Wildman–Crippen LogP) is 2.78. The number of piperidine rings is 1. The van der Waals surface area contributed by atoms with E-state index in [1.165, 1.54) is 64.5 Å².